The zero-order valence-electron chi connectivity index (χ0n) is 9.79. The lowest BCUT2D eigenvalue weighted by atomic mass is 10.4. The van der Waals surface area contributed by atoms with E-state index in [-0.39, 0.29) is 4.90 Å². The monoisotopic (exact) mass is 303 g/mol. The number of sulfonamides is 1. The normalized spacial score (nSPS) is 12.2. The first-order chi connectivity index (χ1) is 9.29. The molecule has 0 amide bonds. The van der Waals surface area contributed by atoms with E-state index in [9.17, 15) is 21.6 Å². The molecule has 1 aromatic carbocycles. The van der Waals surface area contributed by atoms with Crippen LogP contribution in [0, 0.1) is 0 Å². The lowest BCUT2D eigenvalue weighted by Gasteiger charge is -2.09. The number of nitrogens with one attached hydrogen (secondary N) is 1. The maximum absolute atomic E-state index is 12.4. The van der Waals surface area contributed by atoms with Crippen molar-refractivity contribution in [1.82, 2.24) is 9.97 Å². The molecule has 106 valence electrons. The third-order valence-corrected chi connectivity index (χ3v) is 3.57. The lowest BCUT2D eigenvalue weighted by Crippen LogP contribution is -2.17. The molecule has 1 heterocycles. The van der Waals surface area contributed by atoms with E-state index in [1.807, 2.05) is 4.72 Å². The average molecular weight is 303 g/mol. The standard InChI is InChI=1S/C11H8F3N3O2S/c12-11(13,14)10-15-7-6-9(16-10)17-20(18,19)8-4-2-1-3-5-8/h1-7H,(H,15,16,17). The summed E-state index contributed by atoms with van der Waals surface area (Å²) in [5, 5.41) is 0. The van der Waals surface area contributed by atoms with Gasteiger partial charge in [0.2, 0.25) is 5.82 Å². The van der Waals surface area contributed by atoms with Gasteiger partial charge in [-0.25, -0.2) is 18.4 Å². The Bertz CT molecular complexity index is 702. The minimum atomic E-state index is -4.74. The largest absolute Gasteiger partial charge is 0.451 e. The summed E-state index contributed by atoms with van der Waals surface area (Å²) in [6, 6.07) is 8.27. The van der Waals surface area contributed by atoms with Crippen LogP contribution in [0.25, 0.3) is 0 Å². The molecule has 5 nitrogen and oxygen atoms in total. The molecule has 0 radical (unpaired) electrons. The molecule has 20 heavy (non-hydrogen) atoms. The Morgan fingerprint density at radius 2 is 1.70 bits per heavy atom. The quantitative estimate of drug-likeness (QED) is 0.944. The number of halogens is 3. The summed E-state index contributed by atoms with van der Waals surface area (Å²) < 4.78 is 63.1. The Morgan fingerprint density at radius 3 is 2.30 bits per heavy atom. The number of nitrogens with zero attached hydrogens (tertiary/aromatic N) is 2. The molecule has 0 aliphatic carbocycles. The number of aromatic nitrogens is 2. The van der Waals surface area contributed by atoms with Crippen LogP contribution in [-0.2, 0) is 16.2 Å². The van der Waals surface area contributed by atoms with Gasteiger partial charge in [-0.15, -0.1) is 0 Å². The number of rotatable bonds is 3. The van der Waals surface area contributed by atoms with Crippen LogP contribution in [0.1, 0.15) is 5.82 Å². The van der Waals surface area contributed by atoms with Crippen molar-refractivity contribution >= 4 is 15.8 Å². The number of anilines is 1. The first-order valence-electron chi connectivity index (χ1n) is 5.27. The van der Waals surface area contributed by atoms with Gasteiger partial charge in [0, 0.05) is 6.20 Å². The maximum atomic E-state index is 12.4. The minimum absolute atomic E-state index is 0.0767. The lowest BCUT2D eigenvalue weighted by molar-refractivity contribution is -0.144. The predicted molar refractivity (Wildman–Crippen MR) is 64.3 cm³/mol. The molecule has 9 heteroatoms. The molecule has 1 aromatic heterocycles. The van der Waals surface area contributed by atoms with Crippen molar-refractivity contribution in [2.75, 3.05) is 4.72 Å². The van der Waals surface area contributed by atoms with E-state index in [1.54, 1.807) is 6.07 Å². The van der Waals surface area contributed by atoms with E-state index in [0.29, 0.717) is 0 Å². The minimum Gasteiger partial charge on any atom is -0.263 e. The highest BCUT2D eigenvalue weighted by Crippen LogP contribution is 2.26. The number of benzene rings is 1. The Morgan fingerprint density at radius 1 is 1.05 bits per heavy atom. The van der Waals surface area contributed by atoms with E-state index >= 15 is 0 Å². The molecule has 2 rings (SSSR count). The van der Waals surface area contributed by atoms with E-state index in [1.165, 1.54) is 24.3 Å². The highest BCUT2D eigenvalue weighted by molar-refractivity contribution is 7.92. The Labute approximate surface area is 112 Å². The zero-order chi connectivity index (χ0) is 14.8. The van der Waals surface area contributed by atoms with Gasteiger partial charge in [0.1, 0.15) is 5.82 Å². The number of alkyl halides is 3. The topological polar surface area (TPSA) is 72.0 Å². The molecule has 0 saturated carbocycles. The Balaban J connectivity index is 2.31. The summed E-state index contributed by atoms with van der Waals surface area (Å²) in [5.41, 5.74) is 0. The molecule has 0 bridgehead atoms. The summed E-state index contributed by atoms with van der Waals surface area (Å²) >= 11 is 0. The molecule has 0 unspecified atom stereocenters. The van der Waals surface area contributed by atoms with Gasteiger partial charge in [0.25, 0.3) is 10.0 Å². The van der Waals surface area contributed by atoms with Crippen LogP contribution in [-0.4, -0.2) is 18.4 Å². The molecule has 0 saturated heterocycles. The van der Waals surface area contributed by atoms with Crippen molar-refractivity contribution in [1.29, 1.82) is 0 Å². The second-order valence-electron chi connectivity index (χ2n) is 3.68. The van der Waals surface area contributed by atoms with Crippen LogP contribution in [0.5, 0.6) is 0 Å². The summed E-state index contributed by atoms with van der Waals surface area (Å²) in [7, 11) is -3.98. The van der Waals surface area contributed by atoms with Crippen LogP contribution in [0.4, 0.5) is 19.0 Å². The van der Waals surface area contributed by atoms with Gasteiger partial charge in [-0.2, -0.15) is 13.2 Å². The van der Waals surface area contributed by atoms with Crippen LogP contribution in [0.2, 0.25) is 0 Å². The molecule has 0 fully saturated rings. The van der Waals surface area contributed by atoms with Gasteiger partial charge >= 0.3 is 6.18 Å². The highest BCUT2D eigenvalue weighted by Gasteiger charge is 2.34. The third-order valence-electron chi connectivity index (χ3n) is 2.20. The van der Waals surface area contributed by atoms with E-state index in [4.69, 9.17) is 0 Å². The molecule has 2 aromatic rings. The van der Waals surface area contributed by atoms with Crippen LogP contribution >= 0.6 is 0 Å². The van der Waals surface area contributed by atoms with Gasteiger partial charge in [-0.05, 0) is 18.2 Å². The first-order valence-corrected chi connectivity index (χ1v) is 6.75. The molecule has 0 spiro atoms. The molecular formula is C11H8F3N3O2S. The Kier molecular flexibility index (Phi) is 3.62. The summed E-state index contributed by atoms with van der Waals surface area (Å²) in [4.78, 5) is 6.09. The van der Waals surface area contributed by atoms with Gasteiger partial charge in [-0.3, -0.25) is 4.72 Å². The average Bonchev–Trinajstić information content (AvgIpc) is 2.38. The first kappa shape index (κ1) is 14.3. The summed E-state index contributed by atoms with van der Waals surface area (Å²) in [6.07, 6.45) is -3.91. The SMILES string of the molecule is O=S(=O)(Nc1ccnc(C(F)(F)F)n1)c1ccccc1. The van der Waals surface area contributed by atoms with Gasteiger partial charge in [0.05, 0.1) is 4.90 Å². The van der Waals surface area contributed by atoms with Gasteiger partial charge in [-0.1, -0.05) is 18.2 Å². The second kappa shape index (κ2) is 5.08. The fraction of sp³-hybridized carbons (Fsp3) is 0.0909. The number of hydrogen-bond acceptors (Lipinski definition) is 4. The zero-order valence-corrected chi connectivity index (χ0v) is 10.6. The van der Waals surface area contributed by atoms with Crippen LogP contribution in [0.3, 0.4) is 0 Å². The second-order valence-corrected chi connectivity index (χ2v) is 5.36. The number of hydrogen-bond donors (Lipinski definition) is 1. The summed E-state index contributed by atoms with van der Waals surface area (Å²) in [5.74, 6) is -1.86. The van der Waals surface area contributed by atoms with E-state index in [0.717, 1.165) is 12.3 Å². The fourth-order valence-electron chi connectivity index (χ4n) is 1.35. The highest BCUT2D eigenvalue weighted by atomic mass is 32.2. The molecule has 0 aliphatic heterocycles. The van der Waals surface area contributed by atoms with Crippen LogP contribution in [0.15, 0.2) is 47.5 Å². The van der Waals surface area contributed by atoms with Gasteiger partial charge in [0.15, 0.2) is 0 Å². The van der Waals surface area contributed by atoms with Crippen molar-refractivity contribution < 1.29 is 21.6 Å². The summed E-state index contributed by atoms with van der Waals surface area (Å²) in [6.45, 7) is 0. The third kappa shape index (κ3) is 3.23. The van der Waals surface area contributed by atoms with Crippen molar-refractivity contribution in [3.05, 3.63) is 48.4 Å². The molecule has 0 aliphatic rings. The predicted octanol–water partition coefficient (Wildman–Crippen LogP) is 2.30. The molecular weight excluding hydrogens is 295 g/mol. The van der Waals surface area contributed by atoms with Crippen LogP contribution < -0.4 is 4.72 Å². The van der Waals surface area contributed by atoms with E-state index < -0.39 is 27.8 Å². The van der Waals surface area contributed by atoms with Crippen molar-refractivity contribution in [2.24, 2.45) is 0 Å². The Hall–Kier alpha value is -2.16. The molecule has 1 N–H and O–H groups in total. The fourth-order valence-corrected chi connectivity index (χ4v) is 2.37. The van der Waals surface area contributed by atoms with Crippen molar-refractivity contribution in [3.63, 3.8) is 0 Å². The smallest absolute Gasteiger partial charge is 0.263 e. The van der Waals surface area contributed by atoms with Gasteiger partial charge < -0.3 is 0 Å². The maximum Gasteiger partial charge on any atom is 0.451 e. The van der Waals surface area contributed by atoms with Crippen molar-refractivity contribution in [2.45, 2.75) is 11.1 Å². The molecule has 0 atom stereocenters. The van der Waals surface area contributed by atoms with E-state index in [2.05, 4.69) is 9.97 Å². The van der Waals surface area contributed by atoms with Crippen molar-refractivity contribution in [3.8, 4) is 0 Å².